The van der Waals surface area contributed by atoms with Crippen molar-refractivity contribution in [3.63, 3.8) is 0 Å². The first-order valence-corrected chi connectivity index (χ1v) is 6.65. The van der Waals surface area contributed by atoms with Gasteiger partial charge in [-0.2, -0.15) is 0 Å². The van der Waals surface area contributed by atoms with Crippen LogP contribution in [0.2, 0.25) is 0 Å². The van der Waals surface area contributed by atoms with Gasteiger partial charge in [-0.3, -0.25) is 0 Å². The zero-order chi connectivity index (χ0) is 13.8. The highest BCUT2D eigenvalue weighted by molar-refractivity contribution is 7.11. The maximum Gasteiger partial charge on any atom is 0.339 e. The summed E-state index contributed by atoms with van der Waals surface area (Å²) in [5.74, 6) is -1.61. The van der Waals surface area contributed by atoms with Crippen LogP contribution in [-0.2, 0) is 13.0 Å². The highest BCUT2D eigenvalue weighted by atomic mass is 32.1. The fourth-order valence-corrected chi connectivity index (χ4v) is 2.51. The summed E-state index contributed by atoms with van der Waals surface area (Å²) < 4.78 is 18.5. The molecule has 2 rings (SSSR count). The van der Waals surface area contributed by atoms with E-state index < -0.39 is 11.8 Å². The molecule has 1 heterocycles. The molecule has 0 fully saturated rings. The number of aromatic carboxylic acids is 1. The van der Waals surface area contributed by atoms with Crippen LogP contribution in [0.15, 0.2) is 30.3 Å². The van der Waals surface area contributed by atoms with Crippen LogP contribution in [0, 0.1) is 5.82 Å². The average molecular weight is 280 g/mol. The summed E-state index contributed by atoms with van der Waals surface area (Å²) in [5, 5.41) is 8.99. The van der Waals surface area contributed by atoms with E-state index >= 15 is 0 Å². The van der Waals surface area contributed by atoms with Crippen molar-refractivity contribution in [3.05, 3.63) is 51.5 Å². The van der Waals surface area contributed by atoms with Gasteiger partial charge in [0, 0.05) is 9.75 Å². The lowest BCUT2D eigenvalue weighted by atomic mass is 10.2. The van der Waals surface area contributed by atoms with Crippen molar-refractivity contribution < 1.29 is 19.0 Å². The standard InChI is InChI=1S/C14H13FO3S/c1-2-10-4-5-11(19-10)8-18-13-6-3-9(15)7-12(13)14(16)17/h3-7H,2,8H2,1H3,(H,16,17). The molecule has 0 unspecified atom stereocenters. The van der Waals surface area contributed by atoms with Gasteiger partial charge in [0.15, 0.2) is 0 Å². The summed E-state index contributed by atoms with van der Waals surface area (Å²) in [7, 11) is 0. The molecule has 5 heteroatoms. The molecule has 0 atom stereocenters. The Labute approximate surface area is 114 Å². The van der Waals surface area contributed by atoms with Crippen molar-refractivity contribution in [2.45, 2.75) is 20.0 Å². The lowest BCUT2D eigenvalue weighted by molar-refractivity contribution is 0.0691. The van der Waals surface area contributed by atoms with E-state index in [4.69, 9.17) is 9.84 Å². The summed E-state index contributed by atoms with van der Waals surface area (Å²) >= 11 is 1.62. The molecule has 0 bridgehead atoms. The zero-order valence-corrected chi connectivity index (χ0v) is 11.2. The van der Waals surface area contributed by atoms with E-state index in [1.54, 1.807) is 11.3 Å². The minimum absolute atomic E-state index is 0.160. The van der Waals surface area contributed by atoms with E-state index in [0.29, 0.717) is 0 Å². The van der Waals surface area contributed by atoms with Gasteiger partial charge in [0.05, 0.1) is 0 Å². The van der Waals surface area contributed by atoms with Gasteiger partial charge in [-0.15, -0.1) is 11.3 Å². The summed E-state index contributed by atoms with van der Waals surface area (Å²) in [5.41, 5.74) is -0.160. The predicted molar refractivity (Wildman–Crippen MR) is 71.4 cm³/mol. The molecule has 19 heavy (non-hydrogen) atoms. The lowest BCUT2D eigenvalue weighted by Gasteiger charge is -2.08. The van der Waals surface area contributed by atoms with E-state index in [0.717, 1.165) is 17.4 Å². The van der Waals surface area contributed by atoms with Crippen LogP contribution in [-0.4, -0.2) is 11.1 Å². The first-order chi connectivity index (χ1) is 9.10. The number of carboxylic acids is 1. The second-order valence-corrected chi connectivity index (χ2v) is 5.21. The van der Waals surface area contributed by atoms with Crippen LogP contribution in [0.3, 0.4) is 0 Å². The van der Waals surface area contributed by atoms with Crippen molar-refractivity contribution >= 4 is 17.3 Å². The Balaban J connectivity index is 2.12. The number of carboxylic acid groups (broad SMARTS) is 1. The Morgan fingerprint density at radius 3 is 2.68 bits per heavy atom. The zero-order valence-electron chi connectivity index (χ0n) is 10.4. The van der Waals surface area contributed by atoms with Crippen molar-refractivity contribution in [1.29, 1.82) is 0 Å². The molecule has 0 aliphatic heterocycles. The maximum atomic E-state index is 13.0. The molecule has 1 aromatic carbocycles. The summed E-state index contributed by atoms with van der Waals surface area (Å²) in [6.07, 6.45) is 0.960. The Kier molecular flexibility index (Phi) is 4.16. The summed E-state index contributed by atoms with van der Waals surface area (Å²) in [6.45, 7) is 2.36. The molecule has 0 saturated heterocycles. The molecule has 3 nitrogen and oxygen atoms in total. The topological polar surface area (TPSA) is 46.5 Å². The number of ether oxygens (including phenoxy) is 1. The number of hydrogen-bond donors (Lipinski definition) is 1. The second kappa shape index (κ2) is 5.84. The van der Waals surface area contributed by atoms with E-state index in [-0.39, 0.29) is 17.9 Å². The first kappa shape index (κ1) is 13.5. The van der Waals surface area contributed by atoms with Crippen LogP contribution in [0.5, 0.6) is 5.75 Å². The van der Waals surface area contributed by atoms with Gasteiger partial charge in [0.1, 0.15) is 23.7 Å². The second-order valence-electron chi connectivity index (χ2n) is 3.96. The summed E-state index contributed by atoms with van der Waals surface area (Å²) in [4.78, 5) is 13.2. The van der Waals surface area contributed by atoms with E-state index in [1.165, 1.54) is 17.0 Å². The number of halogens is 1. The van der Waals surface area contributed by atoms with Crippen LogP contribution in [0.1, 0.15) is 27.0 Å². The number of aryl methyl sites for hydroxylation is 1. The minimum atomic E-state index is -1.20. The molecular formula is C14H13FO3S. The SMILES string of the molecule is CCc1ccc(COc2ccc(F)cc2C(=O)O)s1. The van der Waals surface area contributed by atoms with Gasteiger partial charge >= 0.3 is 5.97 Å². The molecule has 100 valence electrons. The smallest absolute Gasteiger partial charge is 0.339 e. The summed E-state index contributed by atoms with van der Waals surface area (Å²) in [6, 6.07) is 7.46. The van der Waals surface area contributed by atoms with Gasteiger partial charge in [-0.05, 0) is 36.8 Å². The molecule has 0 amide bonds. The van der Waals surface area contributed by atoms with Crippen LogP contribution < -0.4 is 4.74 Å². The molecule has 2 aromatic rings. The van der Waals surface area contributed by atoms with Gasteiger partial charge in [-0.25, -0.2) is 9.18 Å². The third kappa shape index (κ3) is 3.32. The highest BCUT2D eigenvalue weighted by Crippen LogP contribution is 2.23. The third-order valence-electron chi connectivity index (χ3n) is 2.61. The van der Waals surface area contributed by atoms with Crippen LogP contribution in [0.25, 0.3) is 0 Å². The normalized spacial score (nSPS) is 10.4. The van der Waals surface area contributed by atoms with E-state index in [9.17, 15) is 9.18 Å². The molecule has 0 aliphatic carbocycles. The van der Waals surface area contributed by atoms with Crippen molar-refractivity contribution in [2.24, 2.45) is 0 Å². The molecule has 0 aliphatic rings. The van der Waals surface area contributed by atoms with Gasteiger partial charge in [-0.1, -0.05) is 6.92 Å². The Hall–Kier alpha value is -1.88. The average Bonchev–Trinajstić information content (AvgIpc) is 2.85. The molecular weight excluding hydrogens is 267 g/mol. The molecule has 0 spiro atoms. The largest absolute Gasteiger partial charge is 0.487 e. The molecule has 1 aromatic heterocycles. The highest BCUT2D eigenvalue weighted by Gasteiger charge is 2.13. The Morgan fingerprint density at radius 2 is 2.05 bits per heavy atom. The first-order valence-electron chi connectivity index (χ1n) is 5.83. The Morgan fingerprint density at radius 1 is 1.32 bits per heavy atom. The fraction of sp³-hybridized carbons (Fsp3) is 0.214. The number of thiophene rings is 1. The monoisotopic (exact) mass is 280 g/mol. The van der Waals surface area contributed by atoms with Crippen molar-refractivity contribution in [1.82, 2.24) is 0 Å². The Bertz CT molecular complexity index is 592. The minimum Gasteiger partial charge on any atom is -0.487 e. The third-order valence-corrected chi connectivity index (χ3v) is 3.81. The number of rotatable bonds is 5. The van der Waals surface area contributed by atoms with Gasteiger partial charge in [0.2, 0.25) is 0 Å². The van der Waals surface area contributed by atoms with Crippen LogP contribution in [0.4, 0.5) is 4.39 Å². The number of hydrogen-bond acceptors (Lipinski definition) is 3. The van der Waals surface area contributed by atoms with Gasteiger partial charge in [0.25, 0.3) is 0 Å². The fourth-order valence-electron chi connectivity index (χ4n) is 1.63. The molecule has 0 saturated carbocycles. The maximum absolute atomic E-state index is 13.0. The van der Waals surface area contributed by atoms with Gasteiger partial charge < -0.3 is 9.84 Å². The van der Waals surface area contributed by atoms with E-state index in [1.807, 2.05) is 12.1 Å². The number of carbonyl (C=O) groups is 1. The number of benzene rings is 1. The predicted octanol–water partition coefficient (Wildman–Crippen LogP) is 3.73. The van der Waals surface area contributed by atoms with Crippen molar-refractivity contribution in [2.75, 3.05) is 0 Å². The van der Waals surface area contributed by atoms with Crippen LogP contribution >= 0.6 is 11.3 Å². The molecule has 0 radical (unpaired) electrons. The van der Waals surface area contributed by atoms with Crippen molar-refractivity contribution in [3.8, 4) is 5.75 Å². The quantitative estimate of drug-likeness (QED) is 0.907. The molecule has 1 N–H and O–H groups in total. The van der Waals surface area contributed by atoms with E-state index in [2.05, 4.69) is 6.92 Å². The lowest BCUT2D eigenvalue weighted by Crippen LogP contribution is -2.03.